The number of methoxy groups -OCH3 is 1. The molecule has 2 aliphatic rings. The molecule has 130 valence electrons. The Morgan fingerprint density at radius 3 is 2.67 bits per heavy atom. The van der Waals surface area contributed by atoms with Gasteiger partial charge in [0.05, 0.1) is 13.2 Å². The van der Waals surface area contributed by atoms with Gasteiger partial charge in [-0.25, -0.2) is 9.59 Å². The normalized spacial score (nSPS) is 29.0. The number of benzene rings is 1. The topological polar surface area (TPSA) is 76.1 Å². The molecule has 0 radical (unpaired) electrons. The molecule has 0 bridgehead atoms. The van der Waals surface area contributed by atoms with Crippen LogP contribution in [0, 0.1) is 5.92 Å². The first-order chi connectivity index (χ1) is 11.6. The zero-order valence-corrected chi connectivity index (χ0v) is 13.8. The molecule has 1 saturated heterocycles. The van der Waals surface area contributed by atoms with Crippen molar-refractivity contribution in [1.82, 2.24) is 4.90 Å². The van der Waals surface area contributed by atoms with Crippen LogP contribution in [0.15, 0.2) is 30.3 Å². The summed E-state index contributed by atoms with van der Waals surface area (Å²) < 4.78 is 10.3. The molecule has 1 N–H and O–H groups in total. The predicted molar refractivity (Wildman–Crippen MR) is 86.0 cm³/mol. The van der Waals surface area contributed by atoms with E-state index in [2.05, 4.69) is 0 Å². The third-order valence-corrected chi connectivity index (χ3v) is 5.04. The zero-order valence-electron chi connectivity index (χ0n) is 13.8. The van der Waals surface area contributed by atoms with Gasteiger partial charge in [0.15, 0.2) is 0 Å². The van der Waals surface area contributed by atoms with Gasteiger partial charge in [0.1, 0.15) is 12.6 Å². The number of carbonyl (C=O) groups is 2. The molecule has 1 aromatic rings. The van der Waals surface area contributed by atoms with Gasteiger partial charge in [-0.1, -0.05) is 30.3 Å². The summed E-state index contributed by atoms with van der Waals surface area (Å²) in [4.78, 5) is 26.2. The smallest absolute Gasteiger partial charge is 0.411 e. The van der Waals surface area contributed by atoms with Crippen molar-refractivity contribution in [3.05, 3.63) is 35.9 Å². The molecule has 0 spiro atoms. The lowest BCUT2D eigenvalue weighted by Gasteiger charge is -2.34. The lowest BCUT2D eigenvalue weighted by molar-refractivity contribution is -0.146. The van der Waals surface area contributed by atoms with Crippen molar-refractivity contribution in [3.8, 4) is 0 Å². The number of aliphatic hydroxyl groups is 1. The van der Waals surface area contributed by atoms with Crippen LogP contribution >= 0.6 is 0 Å². The van der Waals surface area contributed by atoms with Gasteiger partial charge in [0.25, 0.3) is 0 Å². The van der Waals surface area contributed by atoms with Crippen LogP contribution < -0.4 is 0 Å². The number of likely N-dealkylation sites (tertiary alicyclic amines) is 1. The van der Waals surface area contributed by atoms with Crippen molar-refractivity contribution < 1.29 is 24.2 Å². The second-order valence-corrected chi connectivity index (χ2v) is 6.52. The lowest BCUT2D eigenvalue weighted by atomic mass is 9.83. The number of hydrogen-bond acceptors (Lipinski definition) is 5. The Morgan fingerprint density at radius 1 is 1.21 bits per heavy atom. The summed E-state index contributed by atoms with van der Waals surface area (Å²) in [6, 6.07) is 8.62. The standard InChI is InChI=1S/C18H23NO5/c1-23-17(21)16-9-13-7-8-14(20)10-15(13)19(16)18(22)24-11-12-5-3-2-4-6-12/h2-6,13-16,20H,7-11H2,1H3/t13-,14+,15-,16+/m0/s1. The maximum atomic E-state index is 12.6. The van der Waals surface area contributed by atoms with Gasteiger partial charge in [0, 0.05) is 6.04 Å². The monoisotopic (exact) mass is 333 g/mol. The van der Waals surface area contributed by atoms with Crippen LogP contribution in [0.3, 0.4) is 0 Å². The highest BCUT2D eigenvalue weighted by Crippen LogP contribution is 2.40. The van der Waals surface area contributed by atoms with Gasteiger partial charge in [-0.15, -0.1) is 0 Å². The number of carbonyl (C=O) groups excluding carboxylic acids is 2. The van der Waals surface area contributed by atoms with E-state index in [-0.39, 0.29) is 18.6 Å². The minimum absolute atomic E-state index is 0.157. The molecule has 1 saturated carbocycles. The van der Waals surface area contributed by atoms with Crippen LogP contribution in [0.25, 0.3) is 0 Å². The average molecular weight is 333 g/mol. The van der Waals surface area contributed by atoms with Crippen molar-refractivity contribution >= 4 is 12.1 Å². The summed E-state index contributed by atoms with van der Waals surface area (Å²) in [5.74, 6) is -0.211. The van der Waals surface area contributed by atoms with Gasteiger partial charge in [-0.3, -0.25) is 4.90 Å². The number of aliphatic hydroxyl groups excluding tert-OH is 1. The molecule has 1 aliphatic carbocycles. The van der Waals surface area contributed by atoms with Crippen molar-refractivity contribution in [1.29, 1.82) is 0 Å². The Labute approximate surface area is 141 Å². The van der Waals surface area contributed by atoms with Crippen LogP contribution in [-0.4, -0.2) is 47.4 Å². The van der Waals surface area contributed by atoms with Crippen LogP contribution in [0.2, 0.25) is 0 Å². The average Bonchev–Trinajstić information content (AvgIpc) is 2.98. The van der Waals surface area contributed by atoms with Gasteiger partial charge < -0.3 is 14.6 Å². The van der Waals surface area contributed by atoms with E-state index in [0.717, 1.165) is 12.0 Å². The van der Waals surface area contributed by atoms with Crippen LogP contribution in [0.5, 0.6) is 0 Å². The van der Waals surface area contributed by atoms with E-state index >= 15 is 0 Å². The minimum Gasteiger partial charge on any atom is -0.467 e. The van der Waals surface area contributed by atoms with E-state index in [0.29, 0.717) is 19.3 Å². The zero-order chi connectivity index (χ0) is 17.1. The Kier molecular flexibility index (Phi) is 5.04. The Bertz CT molecular complexity index is 590. The maximum Gasteiger partial charge on any atom is 0.411 e. The molecule has 24 heavy (non-hydrogen) atoms. The summed E-state index contributed by atoms with van der Waals surface area (Å²) in [6.07, 6.45) is 1.62. The third-order valence-electron chi connectivity index (χ3n) is 5.04. The molecule has 2 fully saturated rings. The van der Waals surface area contributed by atoms with Gasteiger partial charge >= 0.3 is 12.1 Å². The van der Waals surface area contributed by atoms with Crippen molar-refractivity contribution in [3.63, 3.8) is 0 Å². The summed E-state index contributed by atoms with van der Waals surface area (Å²) in [7, 11) is 1.33. The fourth-order valence-corrected chi connectivity index (χ4v) is 3.84. The number of fused-ring (bicyclic) bond motifs is 1. The fraction of sp³-hybridized carbons (Fsp3) is 0.556. The fourth-order valence-electron chi connectivity index (χ4n) is 3.84. The first kappa shape index (κ1) is 16.8. The summed E-state index contributed by atoms with van der Waals surface area (Å²) >= 11 is 0. The molecule has 0 aromatic heterocycles. The Morgan fingerprint density at radius 2 is 1.96 bits per heavy atom. The van der Waals surface area contributed by atoms with Crippen molar-refractivity contribution in [2.75, 3.05) is 7.11 Å². The second kappa shape index (κ2) is 7.21. The number of hydrogen-bond donors (Lipinski definition) is 1. The number of ether oxygens (including phenoxy) is 2. The van der Waals surface area contributed by atoms with E-state index in [1.54, 1.807) is 0 Å². The van der Waals surface area contributed by atoms with Crippen LogP contribution in [0.4, 0.5) is 4.79 Å². The molecule has 0 unspecified atom stereocenters. The molecule has 1 heterocycles. The number of amides is 1. The van der Waals surface area contributed by atoms with Gasteiger partial charge in [-0.05, 0) is 37.2 Å². The number of rotatable bonds is 3. The molecule has 1 amide bonds. The maximum absolute atomic E-state index is 12.6. The number of esters is 1. The van der Waals surface area contributed by atoms with Gasteiger partial charge in [-0.2, -0.15) is 0 Å². The molecular weight excluding hydrogens is 310 g/mol. The van der Waals surface area contributed by atoms with Crippen molar-refractivity contribution in [2.45, 2.75) is 50.5 Å². The summed E-state index contributed by atoms with van der Waals surface area (Å²) in [5.41, 5.74) is 0.889. The molecular formula is C18H23NO5. The minimum atomic E-state index is -0.626. The van der Waals surface area contributed by atoms with E-state index in [9.17, 15) is 14.7 Å². The van der Waals surface area contributed by atoms with Gasteiger partial charge in [0.2, 0.25) is 0 Å². The molecule has 6 nitrogen and oxygen atoms in total. The highest BCUT2D eigenvalue weighted by Gasteiger charge is 2.50. The molecule has 3 rings (SSSR count). The van der Waals surface area contributed by atoms with Crippen LogP contribution in [-0.2, 0) is 20.9 Å². The van der Waals surface area contributed by atoms with E-state index in [1.165, 1.54) is 12.0 Å². The highest BCUT2D eigenvalue weighted by molar-refractivity contribution is 5.82. The molecule has 4 atom stereocenters. The highest BCUT2D eigenvalue weighted by atomic mass is 16.6. The van der Waals surface area contributed by atoms with E-state index in [4.69, 9.17) is 9.47 Å². The third kappa shape index (κ3) is 3.38. The number of nitrogens with zero attached hydrogens (tertiary/aromatic N) is 1. The lowest BCUT2D eigenvalue weighted by Crippen LogP contribution is -2.48. The summed E-state index contributed by atoms with van der Waals surface area (Å²) in [5, 5.41) is 9.95. The SMILES string of the molecule is COC(=O)[C@H]1C[C@@H]2CC[C@@H](O)C[C@@H]2N1C(=O)OCc1ccccc1. The van der Waals surface area contributed by atoms with E-state index < -0.39 is 24.2 Å². The van der Waals surface area contributed by atoms with E-state index in [1.807, 2.05) is 30.3 Å². The Balaban J connectivity index is 1.73. The van der Waals surface area contributed by atoms with Crippen LogP contribution in [0.1, 0.15) is 31.2 Å². The molecule has 1 aliphatic heterocycles. The van der Waals surface area contributed by atoms with Crippen molar-refractivity contribution in [2.24, 2.45) is 5.92 Å². The first-order valence-corrected chi connectivity index (χ1v) is 8.35. The molecule has 6 heteroatoms. The second-order valence-electron chi connectivity index (χ2n) is 6.52. The Hall–Kier alpha value is -2.08. The first-order valence-electron chi connectivity index (χ1n) is 8.35. The predicted octanol–water partition coefficient (Wildman–Crippen LogP) is 2.10. The largest absolute Gasteiger partial charge is 0.467 e. The quantitative estimate of drug-likeness (QED) is 0.857. The summed E-state index contributed by atoms with van der Waals surface area (Å²) in [6.45, 7) is 0.157. The molecule has 1 aromatic carbocycles.